The van der Waals surface area contributed by atoms with Gasteiger partial charge in [-0.25, -0.2) is 4.98 Å². The molecule has 0 atom stereocenters. The van der Waals surface area contributed by atoms with Crippen molar-refractivity contribution in [1.82, 2.24) is 4.98 Å². The summed E-state index contributed by atoms with van der Waals surface area (Å²) < 4.78 is 2.08. The van der Waals surface area contributed by atoms with E-state index in [0.29, 0.717) is 12.3 Å². The van der Waals surface area contributed by atoms with Crippen LogP contribution in [0.4, 0.5) is 5.13 Å². The highest BCUT2D eigenvalue weighted by molar-refractivity contribution is 9.10. The predicted octanol–water partition coefficient (Wildman–Crippen LogP) is 6.53. The zero-order valence-corrected chi connectivity index (χ0v) is 18.8. The average Bonchev–Trinajstić information content (AvgIpc) is 3.16. The molecular formula is C23H19BrN2OS2. The second kappa shape index (κ2) is 9.57. The first kappa shape index (κ1) is 20.1. The zero-order valence-electron chi connectivity index (χ0n) is 15.6. The molecule has 1 aromatic heterocycles. The Morgan fingerprint density at radius 3 is 2.38 bits per heavy atom. The van der Waals surface area contributed by atoms with Gasteiger partial charge in [-0.1, -0.05) is 87.9 Å². The lowest BCUT2D eigenvalue weighted by Crippen LogP contribution is -2.31. The number of nitrogens with zero attached hydrogens (tertiary/aromatic N) is 2. The number of aromatic nitrogens is 1. The summed E-state index contributed by atoms with van der Waals surface area (Å²) in [6.07, 6.45) is 0. The van der Waals surface area contributed by atoms with Crippen molar-refractivity contribution in [2.24, 2.45) is 0 Å². The third kappa shape index (κ3) is 5.26. The minimum absolute atomic E-state index is 0.0768. The maximum atomic E-state index is 13.1. The minimum Gasteiger partial charge on any atom is -0.283 e. The topological polar surface area (TPSA) is 33.2 Å². The molecule has 3 nitrogen and oxygen atoms in total. The summed E-state index contributed by atoms with van der Waals surface area (Å²) in [6.45, 7) is 0.520. The molecule has 1 amide bonds. The van der Waals surface area contributed by atoms with Gasteiger partial charge in [0.05, 0.1) is 22.5 Å². The van der Waals surface area contributed by atoms with Crippen LogP contribution in [0.2, 0.25) is 0 Å². The molecule has 0 spiro atoms. The first-order chi connectivity index (χ1) is 14.2. The van der Waals surface area contributed by atoms with Gasteiger partial charge in [0.1, 0.15) is 0 Å². The molecule has 4 rings (SSSR count). The number of thiazole rings is 1. The van der Waals surface area contributed by atoms with Crippen LogP contribution in [0.5, 0.6) is 0 Å². The van der Waals surface area contributed by atoms with E-state index in [2.05, 4.69) is 28.1 Å². The molecule has 0 saturated carbocycles. The number of hydrogen-bond donors (Lipinski definition) is 0. The van der Waals surface area contributed by atoms with Crippen molar-refractivity contribution in [3.8, 4) is 0 Å². The molecule has 0 aliphatic rings. The number of carbonyl (C=O) groups is 1. The lowest BCUT2D eigenvalue weighted by Gasteiger charge is -2.20. The van der Waals surface area contributed by atoms with Gasteiger partial charge in [0.2, 0.25) is 5.91 Å². The quantitative estimate of drug-likeness (QED) is 0.300. The van der Waals surface area contributed by atoms with E-state index in [1.165, 1.54) is 5.56 Å². The molecule has 29 heavy (non-hydrogen) atoms. The van der Waals surface area contributed by atoms with Crippen LogP contribution in [0, 0.1) is 0 Å². The first-order valence-electron chi connectivity index (χ1n) is 9.21. The molecule has 6 heteroatoms. The van der Waals surface area contributed by atoms with Gasteiger partial charge in [-0.3, -0.25) is 9.69 Å². The van der Waals surface area contributed by atoms with Crippen molar-refractivity contribution in [2.45, 2.75) is 12.3 Å². The first-order valence-corrected chi connectivity index (χ1v) is 12.0. The van der Waals surface area contributed by atoms with Crippen molar-refractivity contribution < 1.29 is 4.79 Å². The lowest BCUT2D eigenvalue weighted by atomic mass is 10.2. The van der Waals surface area contributed by atoms with E-state index >= 15 is 0 Å². The second-order valence-corrected chi connectivity index (χ2v) is 9.46. The fraction of sp³-hybridized carbons (Fsp3) is 0.130. The van der Waals surface area contributed by atoms with E-state index in [0.717, 1.165) is 31.1 Å². The summed E-state index contributed by atoms with van der Waals surface area (Å²) in [7, 11) is 0. The van der Waals surface area contributed by atoms with Gasteiger partial charge in [0, 0.05) is 10.2 Å². The van der Waals surface area contributed by atoms with E-state index in [1.54, 1.807) is 23.1 Å². The van der Waals surface area contributed by atoms with E-state index in [-0.39, 0.29) is 5.91 Å². The smallest absolute Gasteiger partial charge is 0.239 e. The molecule has 3 aromatic carbocycles. The summed E-state index contributed by atoms with van der Waals surface area (Å²) in [5, 5.41) is 0.743. The van der Waals surface area contributed by atoms with Crippen molar-refractivity contribution in [1.29, 1.82) is 0 Å². The molecule has 0 N–H and O–H groups in total. The molecular weight excluding hydrogens is 464 g/mol. The number of amides is 1. The van der Waals surface area contributed by atoms with Gasteiger partial charge in [0.15, 0.2) is 5.13 Å². The van der Waals surface area contributed by atoms with E-state index in [1.807, 2.05) is 71.6 Å². The van der Waals surface area contributed by atoms with E-state index < -0.39 is 0 Å². The van der Waals surface area contributed by atoms with Crippen LogP contribution in [-0.4, -0.2) is 16.6 Å². The van der Waals surface area contributed by atoms with E-state index in [4.69, 9.17) is 4.98 Å². The molecule has 0 saturated heterocycles. The maximum Gasteiger partial charge on any atom is 0.239 e. The Kier molecular flexibility index (Phi) is 6.64. The number of fused-ring (bicyclic) bond motifs is 1. The van der Waals surface area contributed by atoms with Crippen molar-refractivity contribution in [3.63, 3.8) is 0 Å². The van der Waals surface area contributed by atoms with Crippen LogP contribution in [0.25, 0.3) is 10.2 Å². The van der Waals surface area contributed by atoms with E-state index in [9.17, 15) is 4.79 Å². The van der Waals surface area contributed by atoms with Gasteiger partial charge in [-0.05, 0) is 29.3 Å². The average molecular weight is 483 g/mol. The fourth-order valence-electron chi connectivity index (χ4n) is 2.94. The summed E-state index contributed by atoms with van der Waals surface area (Å²) >= 11 is 6.70. The maximum absolute atomic E-state index is 13.1. The standard InChI is InChI=1S/C23H19BrN2OS2/c24-19-11-12-20-21(13-19)29-23(25-20)26(14-17-7-3-1-4-8-17)22(27)16-28-15-18-9-5-2-6-10-18/h1-13H,14-16H2. The fourth-order valence-corrected chi connectivity index (χ4v) is 5.33. The molecule has 4 aromatic rings. The number of rotatable bonds is 7. The monoisotopic (exact) mass is 482 g/mol. The Bertz CT molecular complexity index is 1100. The van der Waals surface area contributed by atoms with Crippen LogP contribution >= 0.6 is 39.0 Å². The third-order valence-corrected chi connectivity index (χ3v) is 6.91. The normalized spacial score (nSPS) is 10.9. The van der Waals surface area contributed by atoms with Crippen molar-refractivity contribution in [3.05, 3.63) is 94.5 Å². The van der Waals surface area contributed by atoms with Crippen LogP contribution in [-0.2, 0) is 17.1 Å². The summed E-state index contributed by atoms with van der Waals surface area (Å²) in [6, 6.07) is 26.3. The number of carbonyl (C=O) groups excluding carboxylic acids is 1. The van der Waals surface area contributed by atoms with Crippen LogP contribution < -0.4 is 4.90 Å². The van der Waals surface area contributed by atoms with Gasteiger partial charge in [0.25, 0.3) is 0 Å². The van der Waals surface area contributed by atoms with Crippen LogP contribution in [0.1, 0.15) is 11.1 Å². The molecule has 0 radical (unpaired) electrons. The molecule has 0 fully saturated rings. The third-order valence-electron chi connectivity index (χ3n) is 4.39. The Hall–Kier alpha value is -2.15. The number of hydrogen-bond acceptors (Lipinski definition) is 4. The van der Waals surface area contributed by atoms with Crippen LogP contribution in [0.15, 0.2) is 83.3 Å². The number of thioether (sulfide) groups is 1. The summed E-state index contributed by atoms with van der Waals surface area (Å²) in [5.74, 6) is 1.31. The van der Waals surface area contributed by atoms with Crippen LogP contribution in [0.3, 0.4) is 0 Å². The Labute approximate surface area is 186 Å². The Morgan fingerprint density at radius 2 is 1.66 bits per heavy atom. The molecule has 0 aliphatic carbocycles. The molecule has 146 valence electrons. The largest absolute Gasteiger partial charge is 0.283 e. The number of halogens is 1. The number of anilines is 1. The molecule has 1 heterocycles. The lowest BCUT2D eigenvalue weighted by molar-refractivity contribution is -0.116. The molecule has 0 aliphatic heterocycles. The van der Waals surface area contributed by atoms with Crippen molar-refractivity contribution in [2.75, 3.05) is 10.7 Å². The SMILES string of the molecule is O=C(CSCc1ccccc1)N(Cc1ccccc1)c1nc2ccc(Br)cc2s1. The van der Waals surface area contributed by atoms with Gasteiger partial charge in [-0.15, -0.1) is 11.8 Å². The second-order valence-electron chi connectivity index (χ2n) is 6.55. The molecule has 0 unspecified atom stereocenters. The minimum atomic E-state index is 0.0768. The Morgan fingerprint density at radius 1 is 0.966 bits per heavy atom. The molecule has 0 bridgehead atoms. The highest BCUT2D eigenvalue weighted by Crippen LogP contribution is 2.32. The van der Waals surface area contributed by atoms with Gasteiger partial charge in [-0.2, -0.15) is 0 Å². The highest BCUT2D eigenvalue weighted by Gasteiger charge is 2.20. The summed E-state index contributed by atoms with van der Waals surface area (Å²) in [4.78, 5) is 19.7. The summed E-state index contributed by atoms with van der Waals surface area (Å²) in [5.41, 5.74) is 3.23. The van der Waals surface area contributed by atoms with Crippen molar-refractivity contribution >= 4 is 60.3 Å². The predicted molar refractivity (Wildman–Crippen MR) is 128 cm³/mol. The Balaban J connectivity index is 1.54. The zero-order chi connectivity index (χ0) is 20.1. The number of benzene rings is 3. The van der Waals surface area contributed by atoms with Gasteiger partial charge < -0.3 is 0 Å². The highest BCUT2D eigenvalue weighted by atomic mass is 79.9. The van der Waals surface area contributed by atoms with Gasteiger partial charge >= 0.3 is 0 Å².